The first-order valence-electron chi connectivity index (χ1n) is 5.09. The van der Waals surface area contributed by atoms with E-state index in [1.165, 1.54) is 5.56 Å². The first kappa shape index (κ1) is 11.4. The smallest absolute Gasteiger partial charge is 0.158 e. The number of benzene rings is 1. The van der Waals surface area contributed by atoms with Gasteiger partial charge in [0.05, 0.1) is 12.8 Å². The minimum atomic E-state index is 0.809. The highest BCUT2D eigenvalue weighted by molar-refractivity contribution is 7.73. The predicted octanol–water partition coefficient (Wildman–Crippen LogP) is 4.04. The molecule has 2 aromatic rings. The van der Waals surface area contributed by atoms with E-state index >= 15 is 0 Å². The van der Waals surface area contributed by atoms with Crippen LogP contribution in [0.3, 0.4) is 0 Å². The normalized spacial score (nSPS) is 10.4. The lowest BCUT2D eigenvalue weighted by atomic mass is 10.1. The summed E-state index contributed by atoms with van der Waals surface area (Å²) in [5.41, 5.74) is 3.45. The van der Waals surface area contributed by atoms with Crippen molar-refractivity contribution in [2.45, 2.75) is 13.3 Å². The second-order valence-corrected chi connectivity index (χ2v) is 4.99. The molecule has 1 aromatic carbocycles. The monoisotopic (exact) mass is 251 g/mol. The Morgan fingerprint density at radius 3 is 2.81 bits per heavy atom. The lowest BCUT2D eigenvalue weighted by Gasteiger charge is -2.08. The third-order valence-corrected chi connectivity index (χ3v) is 3.55. The van der Waals surface area contributed by atoms with Crippen molar-refractivity contribution < 1.29 is 4.74 Å². The third kappa shape index (κ3) is 2.18. The number of hydrogen-bond acceptors (Lipinski definition) is 3. The quantitative estimate of drug-likeness (QED) is 0.833. The molecule has 0 atom stereocenters. The van der Waals surface area contributed by atoms with Gasteiger partial charge in [-0.2, -0.15) is 0 Å². The highest BCUT2D eigenvalue weighted by atomic mass is 32.1. The Morgan fingerprint density at radius 2 is 2.25 bits per heavy atom. The standard InChI is InChI=1S/C12H13NOS2/c1-3-8-6-9(4-5-11(8)14-2)10-7-16-12(15)13-10/h4-7H,3H2,1-2H3,(H,13,15). The minimum absolute atomic E-state index is 0.809. The van der Waals surface area contributed by atoms with Gasteiger partial charge in [0.2, 0.25) is 0 Å². The van der Waals surface area contributed by atoms with E-state index in [0.29, 0.717) is 0 Å². The summed E-state index contributed by atoms with van der Waals surface area (Å²) in [6.45, 7) is 2.12. The molecule has 1 N–H and O–H groups in total. The molecular formula is C12H13NOS2. The number of aromatic nitrogens is 1. The van der Waals surface area contributed by atoms with Crippen molar-refractivity contribution >= 4 is 23.6 Å². The molecule has 0 bridgehead atoms. The summed E-state index contributed by atoms with van der Waals surface area (Å²) < 4.78 is 6.11. The Morgan fingerprint density at radius 1 is 1.44 bits per heavy atom. The topological polar surface area (TPSA) is 25.0 Å². The van der Waals surface area contributed by atoms with Crippen LogP contribution in [0.5, 0.6) is 5.75 Å². The summed E-state index contributed by atoms with van der Waals surface area (Å²) in [4.78, 5) is 3.17. The summed E-state index contributed by atoms with van der Waals surface area (Å²) in [7, 11) is 1.70. The van der Waals surface area contributed by atoms with Crippen LogP contribution < -0.4 is 4.74 Å². The third-order valence-electron chi connectivity index (χ3n) is 2.49. The van der Waals surface area contributed by atoms with E-state index in [1.54, 1.807) is 18.4 Å². The molecule has 0 saturated heterocycles. The SMILES string of the molecule is CCc1cc(-c2csc(=S)[nH]2)ccc1OC. The van der Waals surface area contributed by atoms with E-state index < -0.39 is 0 Å². The van der Waals surface area contributed by atoms with Crippen molar-refractivity contribution in [3.05, 3.63) is 33.1 Å². The van der Waals surface area contributed by atoms with Crippen molar-refractivity contribution in [3.63, 3.8) is 0 Å². The van der Waals surface area contributed by atoms with E-state index in [-0.39, 0.29) is 0 Å². The minimum Gasteiger partial charge on any atom is -0.496 e. The first-order valence-corrected chi connectivity index (χ1v) is 6.38. The van der Waals surface area contributed by atoms with Crippen molar-refractivity contribution in [2.24, 2.45) is 0 Å². The zero-order valence-corrected chi connectivity index (χ0v) is 10.9. The number of thiazole rings is 1. The molecule has 0 fully saturated rings. The van der Waals surface area contributed by atoms with Gasteiger partial charge < -0.3 is 9.72 Å². The number of rotatable bonds is 3. The number of methoxy groups -OCH3 is 1. The van der Waals surface area contributed by atoms with Gasteiger partial charge >= 0.3 is 0 Å². The summed E-state index contributed by atoms with van der Waals surface area (Å²) in [6.07, 6.45) is 0.960. The Labute approximate surface area is 104 Å². The van der Waals surface area contributed by atoms with E-state index in [1.807, 2.05) is 17.5 Å². The lowest BCUT2D eigenvalue weighted by molar-refractivity contribution is 0.410. The summed E-state index contributed by atoms with van der Waals surface area (Å²) >= 11 is 6.63. The molecule has 0 amide bonds. The van der Waals surface area contributed by atoms with Crippen molar-refractivity contribution in [3.8, 4) is 17.0 Å². The molecule has 0 saturated carbocycles. The molecule has 0 radical (unpaired) electrons. The van der Waals surface area contributed by atoms with E-state index in [4.69, 9.17) is 17.0 Å². The highest BCUT2D eigenvalue weighted by Gasteiger charge is 2.05. The van der Waals surface area contributed by atoms with Crippen LogP contribution >= 0.6 is 23.6 Å². The number of aryl methyl sites for hydroxylation is 1. The molecule has 84 valence electrons. The molecule has 0 unspecified atom stereocenters. The number of H-pyrrole nitrogens is 1. The van der Waals surface area contributed by atoms with Gasteiger partial charge in [-0.05, 0) is 48.0 Å². The number of aromatic amines is 1. The molecule has 2 nitrogen and oxygen atoms in total. The molecular weight excluding hydrogens is 238 g/mol. The fourth-order valence-corrected chi connectivity index (χ4v) is 2.49. The van der Waals surface area contributed by atoms with E-state index in [0.717, 1.165) is 27.4 Å². The second kappa shape index (κ2) is 4.80. The molecule has 1 aromatic heterocycles. The Kier molecular flexibility index (Phi) is 3.41. The maximum absolute atomic E-state index is 5.30. The maximum Gasteiger partial charge on any atom is 0.158 e. The van der Waals surface area contributed by atoms with E-state index in [9.17, 15) is 0 Å². The van der Waals surface area contributed by atoms with Gasteiger partial charge in [0.25, 0.3) is 0 Å². The van der Waals surface area contributed by atoms with Gasteiger partial charge in [-0.1, -0.05) is 6.92 Å². The fraction of sp³-hybridized carbons (Fsp3) is 0.250. The van der Waals surface area contributed by atoms with Crippen LogP contribution in [0.15, 0.2) is 23.6 Å². The first-order chi connectivity index (χ1) is 7.74. The molecule has 0 aliphatic rings. The number of nitrogens with one attached hydrogen (secondary N) is 1. The summed E-state index contributed by atoms with van der Waals surface area (Å²) in [6, 6.07) is 6.19. The maximum atomic E-state index is 5.30. The largest absolute Gasteiger partial charge is 0.496 e. The number of hydrogen-bond donors (Lipinski definition) is 1. The van der Waals surface area contributed by atoms with Crippen LogP contribution in [0.1, 0.15) is 12.5 Å². The van der Waals surface area contributed by atoms with Crippen LogP contribution in [0.4, 0.5) is 0 Å². The van der Waals surface area contributed by atoms with Crippen LogP contribution in [-0.4, -0.2) is 12.1 Å². The Balaban J connectivity index is 2.47. The average Bonchev–Trinajstić information content (AvgIpc) is 2.75. The van der Waals surface area contributed by atoms with Crippen molar-refractivity contribution in [1.29, 1.82) is 0 Å². The zero-order valence-electron chi connectivity index (χ0n) is 9.24. The van der Waals surface area contributed by atoms with Gasteiger partial charge in [-0.3, -0.25) is 0 Å². The van der Waals surface area contributed by atoms with Crippen LogP contribution in [0.25, 0.3) is 11.3 Å². The molecule has 16 heavy (non-hydrogen) atoms. The molecule has 4 heteroatoms. The predicted molar refractivity (Wildman–Crippen MR) is 70.9 cm³/mol. The van der Waals surface area contributed by atoms with Gasteiger partial charge in [0.15, 0.2) is 3.95 Å². The number of ether oxygens (including phenoxy) is 1. The molecule has 0 spiro atoms. The van der Waals surface area contributed by atoms with Crippen LogP contribution in [-0.2, 0) is 6.42 Å². The average molecular weight is 251 g/mol. The fourth-order valence-electron chi connectivity index (χ4n) is 1.64. The van der Waals surface area contributed by atoms with Gasteiger partial charge in [0, 0.05) is 5.38 Å². The molecule has 0 aliphatic heterocycles. The molecule has 1 heterocycles. The zero-order chi connectivity index (χ0) is 11.5. The van der Waals surface area contributed by atoms with Gasteiger partial charge in [-0.15, -0.1) is 11.3 Å². The summed E-state index contributed by atoms with van der Waals surface area (Å²) in [5.74, 6) is 0.945. The Hall–Kier alpha value is -1.13. The second-order valence-electron chi connectivity index (χ2n) is 3.44. The summed E-state index contributed by atoms with van der Waals surface area (Å²) in [5, 5.41) is 2.05. The van der Waals surface area contributed by atoms with Gasteiger partial charge in [0.1, 0.15) is 5.75 Å². The van der Waals surface area contributed by atoms with Crippen LogP contribution in [0, 0.1) is 3.95 Å². The molecule has 0 aliphatic carbocycles. The van der Waals surface area contributed by atoms with Crippen LogP contribution in [0.2, 0.25) is 0 Å². The van der Waals surface area contributed by atoms with Gasteiger partial charge in [-0.25, -0.2) is 0 Å². The van der Waals surface area contributed by atoms with E-state index in [2.05, 4.69) is 18.0 Å². The lowest BCUT2D eigenvalue weighted by Crippen LogP contribution is -1.91. The van der Waals surface area contributed by atoms with Crippen molar-refractivity contribution in [1.82, 2.24) is 4.98 Å². The van der Waals surface area contributed by atoms with Crippen molar-refractivity contribution in [2.75, 3.05) is 7.11 Å². The Bertz CT molecular complexity index is 542. The highest BCUT2D eigenvalue weighted by Crippen LogP contribution is 2.27. The molecule has 2 rings (SSSR count).